The van der Waals surface area contributed by atoms with Crippen molar-refractivity contribution in [1.29, 1.82) is 0 Å². The van der Waals surface area contributed by atoms with Gasteiger partial charge in [0.1, 0.15) is 0 Å². The van der Waals surface area contributed by atoms with E-state index in [1.807, 2.05) is 0 Å². The van der Waals surface area contributed by atoms with E-state index < -0.39 is 0 Å². The molecule has 1 rings (SSSR count). The van der Waals surface area contributed by atoms with Crippen LogP contribution in [0.2, 0.25) is 0 Å². The second-order valence-corrected chi connectivity index (χ2v) is 3.41. The molecule has 0 radical (unpaired) electrons. The number of rotatable bonds is 2. The van der Waals surface area contributed by atoms with Crippen LogP contribution < -0.4 is 4.74 Å². The number of hydrogen-bond acceptors (Lipinski definition) is 2. The fourth-order valence-corrected chi connectivity index (χ4v) is 1.51. The maximum absolute atomic E-state index is 9.60. The molecular formula is C10H9BrO2. The third kappa shape index (κ3) is 2.16. The molecule has 0 aliphatic carbocycles. The van der Waals surface area contributed by atoms with Gasteiger partial charge in [0.15, 0.2) is 11.5 Å². The maximum atomic E-state index is 9.60. The molecule has 0 heterocycles. The van der Waals surface area contributed by atoms with Gasteiger partial charge in [-0.25, -0.2) is 0 Å². The van der Waals surface area contributed by atoms with Crippen molar-refractivity contribution in [3.8, 4) is 23.8 Å². The molecular weight excluding hydrogens is 232 g/mol. The highest BCUT2D eigenvalue weighted by Crippen LogP contribution is 2.33. The molecule has 2 nitrogen and oxygen atoms in total. The zero-order valence-corrected chi connectivity index (χ0v) is 8.76. The number of phenols is 1. The number of aromatic hydroxyl groups is 1. The summed E-state index contributed by atoms with van der Waals surface area (Å²) in [6.07, 6.45) is 5.54. The summed E-state index contributed by atoms with van der Waals surface area (Å²) in [4.78, 5) is 0. The van der Waals surface area contributed by atoms with Gasteiger partial charge in [0.25, 0.3) is 0 Å². The molecule has 0 saturated carbocycles. The first kappa shape index (κ1) is 9.94. The highest BCUT2D eigenvalue weighted by atomic mass is 79.9. The van der Waals surface area contributed by atoms with Crippen molar-refractivity contribution in [3.63, 3.8) is 0 Å². The number of phenolic OH excluding ortho intramolecular Hbond substituents is 1. The Hall–Kier alpha value is -1.14. The fourth-order valence-electron chi connectivity index (χ4n) is 1.03. The molecule has 1 aromatic carbocycles. The van der Waals surface area contributed by atoms with E-state index in [-0.39, 0.29) is 5.75 Å². The van der Waals surface area contributed by atoms with Gasteiger partial charge in [-0.1, -0.05) is 15.9 Å². The minimum Gasteiger partial charge on any atom is -0.504 e. The number of ether oxygens (including phenoxy) is 1. The van der Waals surface area contributed by atoms with Crippen LogP contribution in [-0.2, 0) is 6.42 Å². The van der Waals surface area contributed by atoms with Crippen molar-refractivity contribution in [1.82, 2.24) is 0 Å². The number of halogens is 1. The lowest BCUT2D eigenvalue weighted by Gasteiger charge is -2.07. The normalized spacial score (nSPS) is 9.31. The van der Waals surface area contributed by atoms with Gasteiger partial charge in [-0.05, 0) is 12.1 Å². The lowest BCUT2D eigenvalue weighted by Crippen LogP contribution is -1.89. The SMILES string of the molecule is C#CCc1cc(Br)cc(OC)c1O. The lowest BCUT2D eigenvalue weighted by molar-refractivity contribution is 0.371. The Balaban J connectivity index is 3.20. The van der Waals surface area contributed by atoms with Crippen LogP contribution in [0.3, 0.4) is 0 Å². The van der Waals surface area contributed by atoms with Crippen molar-refractivity contribution in [2.45, 2.75) is 6.42 Å². The number of methoxy groups -OCH3 is 1. The van der Waals surface area contributed by atoms with Crippen LogP contribution in [-0.4, -0.2) is 12.2 Å². The van der Waals surface area contributed by atoms with Gasteiger partial charge in [-0.2, -0.15) is 0 Å². The predicted molar refractivity (Wildman–Crippen MR) is 54.9 cm³/mol. The van der Waals surface area contributed by atoms with Crippen LogP contribution in [0.25, 0.3) is 0 Å². The van der Waals surface area contributed by atoms with E-state index >= 15 is 0 Å². The van der Waals surface area contributed by atoms with Gasteiger partial charge < -0.3 is 9.84 Å². The summed E-state index contributed by atoms with van der Waals surface area (Å²) in [6.45, 7) is 0. The minimum absolute atomic E-state index is 0.114. The smallest absolute Gasteiger partial charge is 0.161 e. The largest absolute Gasteiger partial charge is 0.504 e. The Kier molecular flexibility index (Phi) is 3.21. The average Bonchev–Trinajstić information content (AvgIpc) is 2.11. The topological polar surface area (TPSA) is 29.5 Å². The third-order valence-electron chi connectivity index (χ3n) is 1.63. The Bertz CT molecular complexity index is 353. The number of benzene rings is 1. The van der Waals surface area contributed by atoms with E-state index in [1.54, 1.807) is 12.1 Å². The minimum atomic E-state index is 0.114. The maximum Gasteiger partial charge on any atom is 0.161 e. The Morgan fingerprint density at radius 3 is 2.85 bits per heavy atom. The summed E-state index contributed by atoms with van der Waals surface area (Å²) >= 11 is 3.30. The van der Waals surface area contributed by atoms with Crippen molar-refractivity contribution in [2.75, 3.05) is 7.11 Å². The first-order valence-corrected chi connectivity index (χ1v) is 4.47. The predicted octanol–water partition coefficient (Wildman–Crippen LogP) is 2.34. The molecule has 0 saturated heterocycles. The van der Waals surface area contributed by atoms with E-state index in [1.165, 1.54) is 7.11 Å². The fraction of sp³-hybridized carbons (Fsp3) is 0.200. The van der Waals surface area contributed by atoms with Crippen molar-refractivity contribution >= 4 is 15.9 Å². The van der Waals surface area contributed by atoms with Crippen molar-refractivity contribution in [3.05, 3.63) is 22.2 Å². The molecule has 0 bridgehead atoms. The lowest BCUT2D eigenvalue weighted by atomic mass is 10.1. The van der Waals surface area contributed by atoms with E-state index in [0.717, 1.165) is 4.47 Å². The van der Waals surface area contributed by atoms with Gasteiger partial charge >= 0.3 is 0 Å². The summed E-state index contributed by atoms with van der Waals surface area (Å²) in [5.41, 5.74) is 0.689. The van der Waals surface area contributed by atoms with Gasteiger partial charge in [0.2, 0.25) is 0 Å². The molecule has 0 amide bonds. The van der Waals surface area contributed by atoms with Crippen LogP contribution >= 0.6 is 15.9 Å². The molecule has 0 aliphatic rings. The summed E-state index contributed by atoms with van der Waals surface area (Å²) in [6, 6.07) is 3.47. The molecule has 0 unspecified atom stereocenters. The molecule has 1 N–H and O–H groups in total. The van der Waals surface area contributed by atoms with Crippen LogP contribution in [0.15, 0.2) is 16.6 Å². The molecule has 0 aliphatic heterocycles. The van der Waals surface area contributed by atoms with Crippen molar-refractivity contribution < 1.29 is 9.84 Å². The zero-order chi connectivity index (χ0) is 9.84. The van der Waals surface area contributed by atoms with Crippen molar-refractivity contribution in [2.24, 2.45) is 0 Å². The van der Waals surface area contributed by atoms with Gasteiger partial charge in [-0.15, -0.1) is 12.3 Å². The summed E-state index contributed by atoms with van der Waals surface area (Å²) < 4.78 is 5.80. The molecule has 0 fully saturated rings. The molecule has 0 atom stereocenters. The summed E-state index contributed by atoms with van der Waals surface area (Å²) in [5.74, 6) is 3.01. The second kappa shape index (κ2) is 4.20. The average molecular weight is 241 g/mol. The van der Waals surface area contributed by atoms with E-state index in [4.69, 9.17) is 11.2 Å². The second-order valence-electron chi connectivity index (χ2n) is 2.50. The van der Waals surface area contributed by atoms with E-state index in [9.17, 15) is 5.11 Å². The molecule has 0 spiro atoms. The molecule has 3 heteroatoms. The Morgan fingerprint density at radius 2 is 2.31 bits per heavy atom. The van der Waals surface area contributed by atoms with Gasteiger partial charge in [0.05, 0.1) is 7.11 Å². The molecule has 68 valence electrons. The quantitative estimate of drug-likeness (QED) is 0.805. The van der Waals surface area contributed by atoms with Gasteiger partial charge in [-0.3, -0.25) is 0 Å². The van der Waals surface area contributed by atoms with Crippen LogP contribution in [0.4, 0.5) is 0 Å². The van der Waals surface area contributed by atoms with Crippen LogP contribution in [0, 0.1) is 12.3 Å². The van der Waals surface area contributed by atoms with Crippen LogP contribution in [0.1, 0.15) is 5.56 Å². The van der Waals surface area contributed by atoms with Gasteiger partial charge in [0, 0.05) is 16.5 Å². The number of hydrogen-bond donors (Lipinski definition) is 1. The third-order valence-corrected chi connectivity index (χ3v) is 2.09. The molecule has 0 aromatic heterocycles. The van der Waals surface area contributed by atoms with E-state index in [0.29, 0.717) is 17.7 Å². The van der Waals surface area contributed by atoms with Crippen LogP contribution in [0.5, 0.6) is 11.5 Å². The van der Waals surface area contributed by atoms with E-state index in [2.05, 4.69) is 21.9 Å². The Labute approximate surface area is 85.7 Å². The summed E-state index contributed by atoms with van der Waals surface area (Å²) in [5, 5.41) is 9.60. The first-order chi connectivity index (χ1) is 6.19. The summed E-state index contributed by atoms with van der Waals surface area (Å²) in [7, 11) is 1.50. The molecule has 13 heavy (non-hydrogen) atoms. The standard InChI is InChI=1S/C10H9BrO2/c1-3-4-7-5-8(11)6-9(13-2)10(7)12/h1,5-6,12H,4H2,2H3. The highest BCUT2D eigenvalue weighted by Gasteiger charge is 2.08. The zero-order valence-electron chi connectivity index (χ0n) is 7.17. The first-order valence-electron chi connectivity index (χ1n) is 3.68. The Morgan fingerprint density at radius 1 is 1.62 bits per heavy atom. The molecule has 1 aromatic rings. The monoisotopic (exact) mass is 240 g/mol. The highest BCUT2D eigenvalue weighted by molar-refractivity contribution is 9.10. The number of terminal acetylenes is 1.